The van der Waals surface area contributed by atoms with Crippen molar-refractivity contribution in [2.45, 2.75) is 76.4 Å². The Morgan fingerprint density at radius 1 is 0.955 bits per heavy atom. The lowest BCUT2D eigenvalue weighted by Crippen LogP contribution is -2.54. The number of hydrogen-bond acceptors (Lipinski definition) is 5. The first-order valence-corrected chi connectivity index (χ1v) is 15.6. The molecule has 3 aliphatic rings. The summed E-state index contributed by atoms with van der Waals surface area (Å²) in [7, 11) is 0. The highest BCUT2D eigenvalue weighted by atomic mass is 19.1. The molecule has 3 aromatic rings. The smallest absolute Gasteiger partial charge is 0.257 e. The summed E-state index contributed by atoms with van der Waals surface area (Å²) in [5.41, 5.74) is 3.03. The van der Waals surface area contributed by atoms with Gasteiger partial charge in [-0.05, 0) is 86.4 Å². The molecule has 3 fully saturated rings. The van der Waals surface area contributed by atoms with Gasteiger partial charge in [-0.25, -0.2) is 4.39 Å². The molecular weight excluding hydrogens is 559 g/mol. The molecule has 2 unspecified atom stereocenters. The van der Waals surface area contributed by atoms with E-state index in [0.717, 1.165) is 43.4 Å². The molecule has 3 aromatic carbocycles. The number of phenols is 1. The Hall–Kier alpha value is -4.40. The zero-order valence-electron chi connectivity index (χ0n) is 24.9. The van der Waals surface area contributed by atoms with E-state index in [-0.39, 0.29) is 34.9 Å². The minimum atomic E-state index is -0.619. The standard InChI is InChI=1S/C35H39FN4O4/c1-21-6-4-10-28(36)32(21)35(44)40-30-11-5-7-23(30)18-27(34(43)39-26-16-17-29(37-20-41)31(42)19-26)33(40)22-12-14-25(15-13-22)38-24-8-2-3-9-24/h4,6,10,12-17,19-20,23-24,27,30,33,38,42H,2-3,5,7-9,11,18H2,1H3,(H,37,41)(H,39,43)/t23-,27?,30-,33?/m0/s1. The van der Waals surface area contributed by atoms with Crippen LogP contribution in [-0.4, -0.2) is 40.3 Å². The summed E-state index contributed by atoms with van der Waals surface area (Å²) in [5, 5.41) is 19.3. The number of fused-ring (bicyclic) bond motifs is 1. The van der Waals surface area contributed by atoms with Crippen LogP contribution in [0.3, 0.4) is 0 Å². The van der Waals surface area contributed by atoms with E-state index in [0.29, 0.717) is 30.1 Å². The summed E-state index contributed by atoms with van der Waals surface area (Å²) < 4.78 is 15.3. The van der Waals surface area contributed by atoms with Gasteiger partial charge in [-0.1, -0.05) is 43.5 Å². The second kappa shape index (κ2) is 12.7. The fourth-order valence-corrected chi connectivity index (χ4v) is 7.58. The van der Waals surface area contributed by atoms with E-state index in [2.05, 4.69) is 16.0 Å². The summed E-state index contributed by atoms with van der Waals surface area (Å²) in [6.07, 6.45) is 8.39. The molecular formula is C35H39FN4O4. The summed E-state index contributed by atoms with van der Waals surface area (Å²) in [4.78, 5) is 41.2. The second-order valence-electron chi connectivity index (χ2n) is 12.4. The first kappa shape index (κ1) is 29.7. The van der Waals surface area contributed by atoms with Gasteiger partial charge < -0.3 is 26.0 Å². The van der Waals surface area contributed by atoms with Crippen LogP contribution in [0.25, 0.3) is 0 Å². The van der Waals surface area contributed by atoms with Crippen molar-refractivity contribution in [2.24, 2.45) is 11.8 Å². The summed E-state index contributed by atoms with van der Waals surface area (Å²) in [5.74, 6) is -1.93. The summed E-state index contributed by atoms with van der Waals surface area (Å²) in [6, 6.07) is 16.9. The molecule has 2 saturated carbocycles. The molecule has 6 rings (SSSR count). The van der Waals surface area contributed by atoms with Gasteiger partial charge in [0.05, 0.1) is 23.2 Å². The number of carbonyl (C=O) groups is 3. The number of likely N-dealkylation sites (tertiary alicyclic amines) is 1. The molecule has 1 saturated heterocycles. The molecule has 0 spiro atoms. The van der Waals surface area contributed by atoms with Gasteiger partial charge in [0.15, 0.2) is 0 Å². The number of amides is 3. The van der Waals surface area contributed by atoms with Gasteiger partial charge in [-0.3, -0.25) is 14.4 Å². The number of halogens is 1. The van der Waals surface area contributed by atoms with E-state index in [1.165, 1.54) is 31.0 Å². The Morgan fingerprint density at radius 2 is 1.70 bits per heavy atom. The number of anilines is 3. The number of benzene rings is 3. The lowest BCUT2D eigenvalue weighted by Gasteiger charge is -2.48. The molecule has 0 radical (unpaired) electrons. The van der Waals surface area contributed by atoms with Gasteiger partial charge in [0.2, 0.25) is 12.3 Å². The van der Waals surface area contributed by atoms with E-state index < -0.39 is 23.7 Å². The number of rotatable bonds is 8. The molecule has 4 N–H and O–H groups in total. The van der Waals surface area contributed by atoms with Crippen molar-refractivity contribution in [2.75, 3.05) is 16.0 Å². The molecule has 2 aliphatic carbocycles. The molecule has 4 atom stereocenters. The van der Waals surface area contributed by atoms with Crippen LogP contribution in [0.5, 0.6) is 5.75 Å². The van der Waals surface area contributed by atoms with E-state index >= 15 is 4.39 Å². The first-order chi connectivity index (χ1) is 21.3. The molecule has 1 aliphatic heterocycles. The fourth-order valence-electron chi connectivity index (χ4n) is 7.58. The predicted octanol–water partition coefficient (Wildman–Crippen LogP) is 6.77. The Balaban J connectivity index is 1.38. The van der Waals surface area contributed by atoms with Gasteiger partial charge in [-0.15, -0.1) is 0 Å². The first-order valence-electron chi connectivity index (χ1n) is 15.6. The maximum absolute atomic E-state index is 15.3. The van der Waals surface area contributed by atoms with Gasteiger partial charge in [0, 0.05) is 29.5 Å². The third kappa shape index (κ3) is 5.87. The lowest BCUT2D eigenvalue weighted by atomic mass is 9.76. The Labute approximate surface area is 257 Å². The van der Waals surface area contributed by atoms with Crippen molar-refractivity contribution in [3.63, 3.8) is 0 Å². The van der Waals surface area contributed by atoms with Gasteiger partial charge in [-0.2, -0.15) is 0 Å². The maximum atomic E-state index is 15.3. The third-order valence-electron chi connectivity index (χ3n) is 9.68. The average molecular weight is 599 g/mol. The van der Waals surface area contributed by atoms with Crippen LogP contribution in [0.4, 0.5) is 21.5 Å². The highest BCUT2D eigenvalue weighted by Crippen LogP contribution is 2.49. The number of nitrogens with one attached hydrogen (secondary N) is 3. The molecule has 44 heavy (non-hydrogen) atoms. The Morgan fingerprint density at radius 3 is 2.41 bits per heavy atom. The predicted molar refractivity (Wildman–Crippen MR) is 168 cm³/mol. The zero-order valence-corrected chi connectivity index (χ0v) is 24.9. The number of nitrogens with zero attached hydrogens (tertiary/aromatic N) is 1. The van der Waals surface area contributed by atoms with Crippen molar-refractivity contribution in [3.05, 3.63) is 83.2 Å². The molecule has 0 bridgehead atoms. The quantitative estimate of drug-likeness (QED) is 0.169. The van der Waals surface area contributed by atoms with Crippen LogP contribution < -0.4 is 16.0 Å². The fraction of sp³-hybridized carbons (Fsp3) is 0.400. The number of carbonyl (C=O) groups excluding carboxylic acids is 3. The van der Waals surface area contributed by atoms with Crippen LogP contribution in [0.2, 0.25) is 0 Å². The Kier molecular flexibility index (Phi) is 8.55. The molecule has 9 heteroatoms. The molecule has 230 valence electrons. The van der Waals surface area contributed by atoms with Crippen molar-refractivity contribution < 1.29 is 23.9 Å². The van der Waals surface area contributed by atoms with Gasteiger partial charge in [0.25, 0.3) is 5.91 Å². The van der Waals surface area contributed by atoms with Gasteiger partial charge >= 0.3 is 0 Å². The normalized spacial score (nSPS) is 23.2. The highest BCUT2D eigenvalue weighted by molar-refractivity contribution is 5.98. The molecule has 3 amide bonds. The van der Waals surface area contributed by atoms with Crippen LogP contribution in [0.15, 0.2) is 60.7 Å². The largest absolute Gasteiger partial charge is 0.506 e. The number of piperidine rings is 1. The minimum Gasteiger partial charge on any atom is -0.506 e. The van der Waals surface area contributed by atoms with E-state index in [4.69, 9.17) is 0 Å². The van der Waals surface area contributed by atoms with Crippen molar-refractivity contribution in [3.8, 4) is 5.75 Å². The van der Waals surface area contributed by atoms with Crippen molar-refractivity contribution >= 4 is 35.3 Å². The van der Waals surface area contributed by atoms with E-state index in [9.17, 15) is 19.5 Å². The van der Waals surface area contributed by atoms with E-state index in [1.807, 2.05) is 24.3 Å². The average Bonchev–Trinajstić information content (AvgIpc) is 3.70. The van der Waals surface area contributed by atoms with Crippen LogP contribution >= 0.6 is 0 Å². The zero-order chi connectivity index (χ0) is 30.8. The monoisotopic (exact) mass is 598 g/mol. The SMILES string of the molecule is Cc1cccc(F)c1C(=O)N1C(c2ccc(NC3CCCC3)cc2)C(C(=O)Nc2ccc(NC=O)c(O)c2)C[C@@H]2CCC[C@@H]21. The van der Waals surface area contributed by atoms with Gasteiger partial charge in [0.1, 0.15) is 11.6 Å². The number of aromatic hydroxyl groups is 1. The maximum Gasteiger partial charge on any atom is 0.257 e. The summed E-state index contributed by atoms with van der Waals surface area (Å²) in [6.45, 7) is 1.74. The number of phenolic OH excluding ortho intramolecular Hbond substituents is 1. The number of aryl methyl sites for hydroxylation is 1. The topological polar surface area (TPSA) is 111 Å². The third-order valence-corrected chi connectivity index (χ3v) is 9.68. The van der Waals surface area contributed by atoms with Crippen LogP contribution in [-0.2, 0) is 9.59 Å². The van der Waals surface area contributed by atoms with Crippen LogP contribution in [0.1, 0.15) is 78.9 Å². The molecule has 1 heterocycles. The molecule has 8 nitrogen and oxygen atoms in total. The lowest BCUT2D eigenvalue weighted by molar-refractivity contribution is -0.125. The second-order valence-corrected chi connectivity index (χ2v) is 12.4. The summed E-state index contributed by atoms with van der Waals surface area (Å²) >= 11 is 0. The Bertz CT molecular complexity index is 1520. The minimum absolute atomic E-state index is 0.0481. The number of hydrogen-bond donors (Lipinski definition) is 4. The van der Waals surface area contributed by atoms with Crippen molar-refractivity contribution in [1.29, 1.82) is 0 Å². The van der Waals surface area contributed by atoms with Crippen LogP contribution in [0, 0.1) is 24.6 Å². The molecule has 0 aromatic heterocycles. The highest BCUT2D eigenvalue weighted by Gasteiger charge is 2.50. The van der Waals surface area contributed by atoms with Crippen molar-refractivity contribution in [1.82, 2.24) is 4.90 Å². The van der Waals surface area contributed by atoms with E-state index in [1.54, 1.807) is 30.0 Å².